The average molecular weight is 289 g/mol. The summed E-state index contributed by atoms with van der Waals surface area (Å²) in [5.41, 5.74) is 0.871. The summed E-state index contributed by atoms with van der Waals surface area (Å²) < 4.78 is 26.4. The number of pyridine rings is 1. The van der Waals surface area contributed by atoms with E-state index in [4.69, 9.17) is 10.4 Å². The van der Waals surface area contributed by atoms with Crippen LogP contribution in [0, 0.1) is 11.3 Å². The molecule has 0 unspecified atom stereocenters. The van der Waals surface area contributed by atoms with E-state index >= 15 is 0 Å². The summed E-state index contributed by atoms with van der Waals surface area (Å²) in [4.78, 5) is 3.71. The van der Waals surface area contributed by atoms with Crippen LogP contribution in [0.3, 0.4) is 0 Å². The molecular formula is C13H11N3O3S. The average Bonchev–Trinajstić information content (AvgIpc) is 2.47. The molecule has 2 rings (SSSR count). The zero-order chi connectivity index (χ0) is 14.6. The standard InChI is InChI=1S/C13H11N3O3S/c14-7-11-3-6-13(9-15-11)20(18,19)16-8-10-1-4-12(17)5-2-10/h1-6,9,16-17H,8H2. The van der Waals surface area contributed by atoms with Gasteiger partial charge in [0.1, 0.15) is 22.4 Å². The van der Waals surface area contributed by atoms with Gasteiger partial charge in [0.05, 0.1) is 0 Å². The van der Waals surface area contributed by atoms with E-state index in [0.717, 1.165) is 6.20 Å². The highest BCUT2D eigenvalue weighted by Gasteiger charge is 2.14. The molecule has 0 aliphatic rings. The van der Waals surface area contributed by atoms with Gasteiger partial charge in [-0.1, -0.05) is 12.1 Å². The minimum absolute atomic E-state index is 0.00437. The molecule has 7 heteroatoms. The zero-order valence-electron chi connectivity index (χ0n) is 10.3. The molecule has 1 heterocycles. The topological polar surface area (TPSA) is 103 Å². The molecule has 0 atom stereocenters. The quantitative estimate of drug-likeness (QED) is 0.878. The van der Waals surface area contributed by atoms with Crippen LogP contribution in [-0.2, 0) is 16.6 Å². The van der Waals surface area contributed by atoms with Crippen molar-refractivity contribution in [1.29, 1.82) is 5.26 Å². The molecular weight excluding hydrogens is 278 g/mol. The first-order chi connectivity index (χ1) is 9.51. The van der Waals surface area contributed by atoms with Crippen molar-refractivity contribution in [2.45, 2.75) is 11.4 Å². The van der Waals surface area contributed by atoms with E-state index in [1.807, 2.05) is 6.07 Å². The highest BCUT2D eigenvalue weighted by molar-refractivity contribution is 7.89. The number of nitrogens with zero attached hydrogens (tertiary/aromatic N) is 2. The van der Waals surface area contributed by atoms with Gasteiger partial charge >= 0.3 is 0 Å². The highest BCUT2D eigenvalue weighted by atomic mass is 32.2. The minimum Gasteiger partial charge on any atom is -0.508 e. The number of aromatic nitrogens is 1. The summed E-state index contributed by atoms with van der Waals surface area (Å²) in [5, 5.41) is 17.7. The van der Waals surface area contributed by atoms with Crippen molar-refractivity contribution in [2.75, 3.05) is 0 Å². The molecule has 0 bridgehead atoms. The number of aromatic hydroxyl groups is 1. The summed E-state index contributed by atoms with van der Waals surface area (Å²) >= 11 is 0. The molecule has 2 aromatic rings. The first-order valence-corrected chi connectivity index (χ1v) is 7.13. The maximum absolute atomic E-state index is 12.0. The number of rotatable bonds is 4. The molecule has 102 valence electrons. The maximum atomic E-state index is 12.0. The Morgan fingerprint density at radius 1 is 1.20 bits per heavy atom. The van der Waals surface area contributed by atoms with Crippen LogP contribution in [0.15, 0.2) is 47.5 Å². The normalized spacial score (nSPS) is 10.9. The monoisotopic (exact) mass is 289 g/mol. The largest absolute Gasteiger partial charge is 0.508 e. The van der Waals surface area contributed by atoms with Gasteiger partial charge in [-0.05, 0) is 29.8 Å². The molecule has 0 fully saturated rings. The smallest absolute Gasteiger partial charge is 0.242 e. The summed E-state index contributed by atoms with van der Waals surface area (Å²) in [7, 11) is -3.68. The van der Waals surface area contributed by atoms with Gasteiger partial charge in [-0.15, -0.1) is 0 Å². The molecule has 0 spiro atoms. The van der Waals surface area contributed by atoms with Crippen LogP contribution in [0.2, 0.25) is 0 Å². The molecule has 1 aromatic heterocycles. The minimum atomic E-state index is -3.68. The Morgan fingerprint density at radius 2 is 1.90 bits per heavy atom. The predicted octanol–water partition coefficient (Wildman–Crippen LogP) is 1.14. The Morgan fingerprint density at radius 3 is 2.45 bits per heavy atom. The molecule has 0 amide bonds. The maximum Gasteiger partial charge on any atom is 0.242 e. The van der Waals surface area contributed by atoms with Crippen molar-refractivity contribution in [1.82, 2.24) is 9.71 Å². The van der Waals surface area contributed by atoms with Crippen LogP contribution in [-0.4, -0.2) is 18.5 Å². The molecule has 20 heavy (non-hydrogen) atoms. The van der Waals surface area contributed by atoms with Crippen molar-refractivity contribution >= 4 is 10.0 Å². The van der Waals surface area contributed by atoms with Crippen LogP contribution in [0.25, 0.3) is 0 Å². The molecule has 0 aliphatic heterocycles. The molecule has 0 aliphatic carbocycles. The number of benzene rings is 1. The van der Waals surface area contributed by atoms with Crippen molar-refractivity contribution in [3.8, 4) is 11.8 Å². The lowest BCUT2D eigenvalue weighted by atomic mass is 10.2. The fourth-order valence-electron chi connectivity index (χ4n) is 1.48. The van der Waals surface area contributed by atoms with Gasteiger partial charge in [0.15, 0.2) is 0 Å². The first-order valence-electron chi connectivity index (χ1n) is 5.65. The van der Waals surface area contributed by atoms with Gasteiger partial charge < -0.3 is 5.11 Å². The molecule has 6 nitrogen and oxygen atoms in total. The van der Waals surface area contributed by atoms with E-state index < -0.39 is 10.0 Å². The SMILES string of the molecule is N#Cc1ccc(S(=O)(=O)NCc2ccc(O)cc2)cn1. The van der Waals surface area contributed by atoms with E-state index in [2.05, 4.69) is 9.71 Å². The number of hydrogen-bond donors (Lipinski definition) is 2. The van der Waals surface area contributed by atoms with E-state index in [9.17, 15) is 8.42 Å². The summed E-state index contributed by atoms with van der Waals surface area (Å²) in [5.74, 6) is 0.118. The van der Waals surface area contributed by atoms with Gasteiger partial charge in [-0.2, -0.15) is 5.26 Å². The van der Waals surface area contributed by atoms with E-state index in [-0.39, 0.29) is 22.9 Å². The first kappa shape index (κ1) is 14.0. The van der Waals surface area contributed by atoms with E-state index in [1.54, 1.807) is 12.1 Å². The van der Waals surface area contributed by atoms with Crippen LogP contribution < -0.4 is 4.72 Å². The van der Waals surface area contributed by atoms with Crippen LogP contribution >= 0.6 is 0 Å². The van der Waals surface area contributed by atoms with Gasteiger partial charge in [-0.3, -0.25) is 0 Å². The van der Waals surface area contributed by atoms with Gasteiger partial charge in [0.2, 0.25) is 10.0 Å². The van der Waals surface area contributed by atoms with E-state index in [0.29, 0.717) is 5.56 Å². The zero-order valence-corrected chi connectivity index (χ0v) is 11.1. The number of phenols is 1. The van der Waals surface area contributed by atoms with Gasteiger partial charge in [0.25, 0.3) is 0 Å². The Bertz CT molecular complexity index is 732. The molecule has 0 saturated carbocycles. The molecule has 0 saturated heterocycles. The second-order valence-corrected chi connectivity index (χ2v) is 5.75. The van der Waals surface area contributed by atoms with Crippen molar-refractivity contribution in [3.05, 3.63) is 53.9 Å². The third kappa shape index (κ3) is 3.32. The lowest BCUT2D eigenvalue weighted by Crippen LogP contribution is -2.23. The molecule has 1 aromatic carbocycles. The summed E-state index contributed by atoms with van der Waals surface area (Å²) in [6.45, 7) is 0.0998. The lowest BCUT2D eigenvalue weighted by molar-refractivity contribution is 0.475. The Hall–Kier alpha value is -2.43. The Balaban J connectivity index is 2.10. The number of phenolic OH excluding ortho intramolecular Hbond substituents is 1. The third-order valence-electron chi connectivity index (χ3n) is 2.56. The van der Waals surface area contributed by atoms with Crippen LogP contribution in [0.4, 0.5) is 0 Å². The number of sulfonamides is 1. The molecule has 2 N–H and O–H groups in total. The number of hydrogen-bond acceptors (Lipinski definition) is 5. The Labute approximate surface area is 116 Å². The van der Waals surface area contributed by atoms with Crippen LogP contribution in [0.1, 0.15) is 11.3 Å². The second-order valence-electron chi connectivity index (χ2n) is 3.98. The fourth-order valence-corrected chi connectivity index (χ4v) is 2.44. The number of nitriles is 1. The Kier molecular flexibility index (Phi) is 3.98. The lowest BCUT2D eigenvalue weighted by Gasteiger charge is -2.06. The van der Waals surface area contributed by atoms with Gasteiger partial charge in [-0.25, -0.2) is 18.1 Å². The fraction of sp³-hybridized carbons (Fsp3) is 0.0769. The molecule has 0 radical (unpaired) electrons. The van der Waals surface area contributed by atoms with Crippen LogP contribution in [0.5, 0.6) is 5.75 Å². The summed E-state index contributed by atoms with van der Waals surface area (Å²) in [6, 6.07) is 10.7. The second kappa shape index (κ2) is 5.69. The van der Waals surface area contributed by atoms with Crippen molar-refractivity contribution < 1.29 is 13.5 Å². The third-order valence-corrected chi connectivity index (χ3v) is 3.95. The van der Waals surface area contributed by atoms with E-state index in [1.165, 1.54) is 24.3 Å². The van der Waals surface area contributed by atoms with Crippen molar-refractivity contribution in [2.24, 2.45) is 0 Å². The van der Waals surface area contributed by atoms with Gasteiger partial charge in [0, 0.05) is 12.7 Å². The highest BCUT2D eigenvalue weighted by Crippen LogP contribution is 2.11. The number of nitrogens with one attached hydrogen (secondary N) is 1. The van der Waals surface area contributed by atoms with Crippen molar-refractivity contribution in [3.63, 3.8) is 0 Å². The predicted molar refractivity (Wildman–Crippen MR) is 71.1 cm³/mol. The summed E-state index contributed by atoms with van der Waals surface area (Å²) in [6.07, 6.45) is 1.14.